The second kappa shape index (κ2) is 4.90. The summed E-state index contributed by atoms with van der Waals surface area (Å²) in [6.45, 7) is 6.66. The lowest BCUT2D eigenvalue weighted by atomic mass is 10.1. The zero-order chi connectivity index (χ0) is 13.3. The van der Waals surface area contributed by atoms with Crippen LogP contribution in [-0.2, 0) is 13.1 Å². The average molecular weight is 247 g/mol. The third-order valence-electron chi connectivity index (χ3n) is 3.44. The van der Waals surface area contributed by atoms with Gasteiger partial charge in [-0.2, -0.15) is 5.10 Å². The molecule has 2 aromatic rings. The minimum Gasteiger partial charge on any atom is -0.326 e. The largest absolute Gasteiger partial charge is 0.326 e. The molecule has 0 amide bonds. The van der Waals surface area contributed by atoms with E-state index in [1.54, 1.807) is 12.1 Å². The fraction of sp³-hybridized carbons (Fsp3) is 0.357. The number of rotatable bonds is 3. The van der Waals surface area contributed by atoms with Crippen LogP contribution in [0.15, 0.2) is 18.2 Å². The summed E-state index contributed by atoms with van der Waals surface area (Å²) in [5.41, 5.74) is 9.90. The molecule has 0 spiro atoms. The topological polar surface area (TPSA) is 43.8 Å². The average Bonchev–Trinajstić information content (AvgIpc) is 2.60. The van der Waals surface area contributed by atoms with Gasteiger partial charge in [-0.1, -0.05) is 18.2 Å². The lowest BCUT2D eigenvalue weighted by Gasteiger charge is -2.08. The predicted molar refractivity (Wildman–Crippen MR) is 69.8 cm³/mol. The lowest BCUT2D eigenvalue weighted by molar-refractivity contribution is 0.567. The second-order valence-electron chi connectivity index (χ2n) is 4.55. The molecule has 2 N–H and O–H groups in total. The highest BCUT2D eigenvalue weighted by Crippen LogP contribution is 2.17. The van der Waals surface area contributed by atoms with Crippen LogP contribution in [0.1, 0.15) is 28.1 Å². The molecule has 0 unspecified atom stereocenters. The fourth-order valence-electron chi connectivity index (χ4n) is 2.01. The molecular weight excluding hydrogens is 229 g/mol. The molecule has 0 saturated heterocycles. The van der Waals surface area contributed by atoms with E-state index in [9.17, 15) is 4.39 Å². The summed E-state index contributed by atoms with van der Waals surface area (Å²) in [5, 5.41) is 4.42. The molecule has 0 aliphatic heterocycles. The van der Waals surface area contributed by atoms with Crippen molar-refractivity contribution in [3.05, 3.63) is 52.1 Å². The summed E-state index contributed by atoms with van der Waals surface area (Å²) in [7, 11) is 0. The Labute approximate surface area is 106 Å². The molecule has 3 nitrogen and oxygen atoms in total. The molecule has 0 aliphatic carbocycles. The van der Waals surface area contributed by atoms with Crippen molar-refractivity contribution < 1.29 is 4.39 Å². The van der Waals surface area contributed by atoms with Gasteiger partial charge in [-0.25, -0.2) is 4.39 Å². The van der Waals surface area contributed by atoms with E-state index in [0.29, 0.717) is 17.7 Å². The van der Waals surface area contributed by atoms with Crippen molar-refractivity contribution in [3.8, 4) is 0 Å². The van der Waals surface area contributed by atoms with Crippen LogP contribution < -0.4 is 5.73 Å². The summed E-state index contributed by atoms with van der Waals surface area (Å²) < 4.78 is 15.9. The molecule has 0 atom stereocenters. The normalized spacial score (nSPS) is 10.9. The molecule has 96 valence electrons. The van der Waals surface area contributed by atoms with Crippen molar-refractivity contribution in [2.45, 2.75) is 33.9 Å². The molecule has 0 saturated carbocycles. The Morgan fingerprint density at radius 1 is 1.22 bits per heavy atom. The number of hydrogen-bond donors (Lipinski definition) is 1. The summed E-state index contributed by atoms with van der Waals surface area (Å²) in [5.74, 6) is -0.217. The Morgan fingerprint density at radius 2 is 1.89 bits per heavy atom. The highest BCUT2D eigenvalue weighted by atomic mass is 19.1. The van der Waals surface area contributed by atoms with Crippen LogP contribution in [0, 0.1) is 26.6 Å². The van der Waals surface area contributed by atoms with Crippen molar-refractivity contribution in [1.29, 1.82) is 0 Å². The first kappa shape index (κ1) is 12.8. The fourth-order valence-corrected chi connectivity index (χ4v) is 2.01. The van der Waals surface area contributed by atoms with Gasteiger partial charge in [-0.3, -0.25) is 4.68 Å². The zero-order valence-corrected chi connectivity index (χ0v) is 11.0. The highest BCUT2D eigenvalue weighted by Gasteiger charge is 2.11. The number of benzene rings is 1. The van der Waals surface area contributed by atoms with Gasteiger partial charge >= 0.3 is 0 Å². The Bertz CT molecular complexity index is 573. The Balaban J connectivity index is 2.37. The van der Waals surface area contributed by atoms with Gasteiger partial charge in [0.05, 0.1) is 12.2 Å². The summed E-state index contributed by atoms with van der Waals surface area (Å²) in [6.07, 6.45) is 0. The molecule has 1 heterocycles. The highest BCUT2D eigenvalue weighted by molar-refractivity contribution is 5.28. The van der Waals surface area contributed by atoms with Gasteiger partial charge in [0.25, 0.3) is 0 Å². The van der Waals surface area contributed by atoms with Gasteiger partial charge in [0, 0.05) is 23.4 Å². The quantitative estimate of drug-likeness (QED) is 0.905. The maximum Gasteiger partial charge on any atom is 0.132 e. The zero-order valence-electron chi connectivity index (χ0n) is 11.0. The minimum atomic E-state index is -0.217. The number of nitrogens with zero attached hydrogens (tertiary/aromatic N) is 2. The smallest absolute Gasteiger partial charge is 0.132 e. The molecular formula is C14H18FN3. The standard InChI is InChI=1S/C14H18FN3/c1-9-10(2)17-18(11(9)3)8-13-6-4-5-12(7-16)14(13)15/h4-6H,7-8,16H2,1-3H3. The predicted octanol–water partition coefficient (Wildman–Crippen LogP) is 2.45. The monoisotopic (exact) mass is 247 g/mol. The number of halogens is 1. The van der Waals surface area contributed by atoms with Crippen LogP contribution in [0.25, 0.3) is 0 Å². The van der Waals surface area contributed by atoms with Gasteiger partial charge in [-0.05, 0) is 26.3 Å². The van der Waals surface area contributed by atoms with E-state index in [0.717, 1.165) is 17.0 Å². The third-order valence-corrected chi connectivity index (χ3v) is 3.44. The van der Waals surface area contributed by atoms with E-state index in [1.165, 1.54) is 0 Å². The second-order valence-corrected chi connectivity index (χ2v) is 4.55. The SMILES string of the molecule is Cc1nn(Cc2cccc(CN)c2F)c(C)c1C. The van der Waals surface area contributed by atoms with Crippen molar-refractivity contribution in [1.82, 2.24) is 9.78 Å². The first-order valence-corrected chi connectivity index (χ1v) is 6.01. The molecule has 18 heavy (non-hydrogen) atoms. The maximum atomic E-state index is 14.1. The third kappa shape index (κ3) is 2.16. The van der Waals surface area contributed by atoms with E-state index < -0.39 is 0 Å². The summed E-state index contributed by atoms with van der Waals surface area (Å²) in [6, 6.07) is 5.32. The summed E-state index contributed by atoms with van der Waals surface area (Å²) >= 11 is 0. The number of aromatic nitrogens is 2. The number of nitrogens with two attached hydrogens (primary N) is 1. The van der Waals surface area contributed by atoms with E-state index in [1.807, 2.05) is 31.5 Å². The maximum absolute atomic E-state index is 14.1. The van der Waals surface area contributed by atoms with Crippen LogP contribution in [0.5, 0.6) is 0 Å². The molecule has 0 radical (unpaired) electrons. The van der Waals surface area contributed by atoms with Crippen LogP contribution in [-0.4, -0.2) is 9.78 Å². The van der Waals surface area contributed by atoms with Crippen LogP contribution in [0.3, 0.4) is 0 Å². The molecule has 4 heteroatoms. The van der Waals surface area contributed by atoms with Gasteiger partial charge in [0.15, 0.2) is 0 Å². The van der Waals surface area contributed by atoms with E-state index in [2.05, 4.69) is 5.10 Å². The summed E-state index contributed by atoms with van der Waals surface area (Å²) in [4.78, 5) is 0. The lowest BCUT2D eigenvalue weighted by Crippen LogP contribution is -2.09. The first-order chi connectivity index (χ1) is 8.54. The van der Waals surface area contributed by atoms with Crippen LogP contribution in [0.2, 0.25) is 0 Å². The van der Waals surface area contributed by atoms with Crippen molar-refractivity contribution in [2.24, 2.45) is 5.73 Å². The Hall–Kier alpha value is -1.68. The van der Waals surface area contributed by atoms with Crippen molar-refractivity contribution >= 4 is 0 Å². The molecule has 2 rings (SSSR count). The van der Waals surface area contributed by atoms with E-state index in [4.69, 9.17) is 5.73 Å². The van der Waals surface area contributed by atoms with Crippen molar-refractivity contribution in [2.75, 3.05) is 0 Å². The molecule has 0 aliphatic rings. The Kier molecular flexibility index (Phi) is 3.48. The van der Waals surface area contributed by atoms with E-state index >= 15 is 0 Å². The molecule has 0 fully saturated rings. The van der Waals surface area contributed by atoms with Gasteiger partial charge in [0.2, 0.25) is 0 Å². The van der Waals surface area contributed by atoms with E-state index in [-0.39, 0.29) is 12.4 Å². The Morgan fingerprint density at radius 3 is 2.44 bits per heavy atom. The van der Waals surface area contributed by atoms with Crippen LogP contribution in [0.4, 0.5) is 4.39 Å². The molecule has 0 bridgehead atoms. The number of hydrogen-bond acceptors (Lipinski definition) is 2. The minimum absolute atomic E-state index is 0.217. The van der Waals surface area contributed by atoms with Gasteiger partial charge in [-0.15, -0.1) is 0 Å². The number of aryl methyl sites for hydroxylation is 1. The van der Waals surface area contributed by atoms with Gasteiger partial charge in [0.1, 0.15) is 5.82 Å². The van der Waals surface area contributed by atoms with Gasteiger partial charge < -0.3 is 5.73 Å². The van der Waals surface area contributed by atoms with Crippen LogP contribution >= 0.6 is 0 Å². The van der Waals surface area contributed by atoms with Crippen molar-refractivity contribution in [3.63, 3.8) is 0 Å². The first-order valence-electron chi connectivity index (χ1n) is 6.01. The molecule has 1 aromatic heterocycles. The molecule has 1 aromatic carbocycles.